The molecule has 1 aliphatic carbocycles. The Kier molecular flexibility index (Phi) is 3.51. The van der Waals surface area contributed by atoms with Crippen LogP contribution in [0, 0.1) is 0 Å². The van der Waals surface area contributed by atoms with Crippen LogP contribution < -0.4 is 0 Å². The third kappa shape index (κ3) is 2.44. The van der Waals surface area contributed by atoms with Crippen molar-refractivity contribution in [2.24, 2.45) is 4.99 Å². The Balaban J connectivity index is 1.84. The molecular weight excluding hydrogens is 384 g/mol. The predicted molar refractivity (Wildman–Crippen MR) is 81.5 cm³/mol. The smallest absolute Gasteiger partial charge is 0.327 e. The molecule has 3 aliphatic rings. The van der Waals surface area contributed by atoms with Crippen molar-refractivity contribution in [2.45, 2.75) is 30.5 Å². The third-order valence-corrected chi connectivity index (χ3v) is 5.05. The largest absolute Gasteiger partial charge is 0.417 e. The summed E-state index contributed by atoms with van der Waals surface area (Å²) in [5.74, 6) is -4.70. The van der Waals surface area contributed by atoms with Crippen molar-refractivity contribution >= 4 is 17.4 Å². The highest BCUT2D eigenvalue weighted by molar-refractivity contribution is 6.30. The van der Waals surface area contributed by atoms with E-state index in [-0.39, 0.29) is 29.5 Å². The summed E-state index contributed by atoms with van der Waals surface area (Å²) in [6.45, 7) is -0.188. The third-order valence-electron chi connectivity index (χ3n) is 4.77. The van der Waals surface area contributed by atoms with Gasteiger partial charge in [-0.2, -0.15) is 13.2 Å². The first kappa shape index (κ1) is 17.4. The fraction of sp³-hybridized carbons (Fsp3) is 0.375. The van der Waals surface area contributed by atoms with Crippen LogP contribution in [0.2, 0.25) is 5.15 Å². The lowest BCUT2D eigenvalue weighted by Crippen LogP contribution is -2.39. The Morgan fingerprint density at radius 1 is 1.19 bits per heavy atom. The van der Waals surface area contributed by atoms with E-state index in [1.807, 2.05) is 0 Å². The molecule has 0 N–H and O–H groups in total. The number of pyridine rings is 1. The number of aromatic nitrogens is 1. The van der Waals surface area contributed by atoms with E-state index in [9.17, 15) is 26.3 Å². The van der Waals surface area contributed by atoms with Crippen LogP contribution >= 0.6 is 11.6 Å². The Bertz CT molecular complexity index is 888. The standard InChI is InChI=1S/C16H10ClF6N3/c17-12-11-9(1-4-24-12)14(2-3-15(11,19)20)7-26-6-8(16(21,22)23)5-10(18)13(26)25-14/h1,4-6H,2-3,7H2/t14-/m1/s1. The van der Waals surface area contributed by atoms with Gasteiger partial charge in [-0.05, 0) is 24.1 Å². The number of aliphatic imine (C=N–C) groups is 1. The zero-order valence-electron chi connectivity index (χ0n) is 12.9. The van der Waals surface area contributed by atoms with Crippen molar-refractivity contribution in [1.82, 2.24) is 9.88 Å². The number of hydrogen-bond donors (Lipinski definition) is 0. The van der Waals surface area contributed by atoms with Gasteiger partial charge in [-0.3, -0.25) is 4.99 Å². The summed E-state index contributed by atoms with van der Waals surface area (Å²) in [7, 11) is 0. The van der Waals surface area contributed by atoms with Gasteiger partial charge in [0.05, 0.1) is 17.7 Å². The maximum absolute atomic E-state index is 14.3. The van der Waals surface area contributed by atoms with Gasteiger partial charge in [0.1, 0.15) is 10.7 Å². The second kappa shape index (κ2) is 5.25. The van der Waals surface area contributed by atoms with Crippen LogP contribution in [0.25, 0.3) is 0 Å². The van der Waals surface area contributed by atoms with Gasteiger partial charge in [0, 0.05) is 18.8 Å². The quantitative estimate of drug-likeness (QED) is 0.466. The highest BCUT2D eigenvalue weighted by atomic mass is 35.5. The van der Waals surface area contributed by atoms with Crippen LogP contribution in [0.5, 0.6) is 0 Å². The summed E-state index contributed by atoms with van der Waals surface area (Å²) >= 11 is 5.85. The molecule has 1 atom stereocenters. The zero-order valence-corrected chi connectivity index (χ0v) is 13.7. The van der Waals surface area contributed by atoms with Crippen molar-refractivity contribution in [1.29, 1.82) is 0 Å². The van der Waals surface area contributed by atoms with Crippen molar-refractivity contribution < 1.29 is 26.3 Å². The number of halogens is 7. The van der Waals surface area contributed by atoms with Crippen molar-refractivity contribution in [3.63, 3.8) is 0 Å². The summed E-state index contributed by atoms with van der Waals surface area (Å²) in [5.41, 5.74) is -2.91. The van der Waals surface area contributed by atoms with E-state index in [4.69, 9.17) is 11.6 Å². The zero-order chi connectivity index (χ0) is 18.9. The Morgan fingerprint density at radius 2 is 1.92 bits per heavy atom. The number of rotatable bonds is 0. The highest BCUT2D eigenvalue weighted by Crippen LogP contribution is 2.53. The summed E-state index contributed by atoms with van der Waals surface area (Å²) in [6, 6.07) is 1.31. The number of nitrogens with zero attached hydrogens (tertiary/aromatic N) is 3. The molecule has 0 aromatic carbocycles. The van der Waals surface area contributed by atoms with Crippen LogP contribution in [0.15, 0.2) is 40.9 Å². The van der Waals surface area contributed by atoms with Crippen molar-refractivity contribution in [3.05, 3.63) is 52.2 Å². The molecule has 1 aromatic heterocycles. The minimum Gasteiger partial charge on any atom is -0.327 e. The van der Waals surface area contributed by atoms with Gasteiger partial charge in [0.25, 0.3) is 5.92 Å². The summed E-state index contributed by atoms with van der Waals surface area (Å²) < 4.78 is 81.7. The number of amidine groups is 1. The van der Waals surface area contributed by atoms with Gasteiger partial charge in [-0.25, -0.2) is 18.2 Å². The molecule has 2 aliphatic heterocycles. The molecule has 138 valence electrons. The lowest BCUT2D eigenvalue weighted by Gasteiger charge is -2.37. The lowest BCUT2D eigenvalue weighted by molar-refractivity contribution is -0.0893. The number of allylic oxidation sites excluding steroid dienone is 2. The van der Waals surface area contributed by atoms with E-state index < -0.39 is 41.0 Å². The molecule has 1 aromatic rings. The number of fused-ring (bicyclic) bond motifs is 3. The molecular formula is C16H10ClF6N3. The highest BCUT2D eigenvalue weighted by Gasteiger charge is 2.53. The van der Waals surface area contributed by atoms with Crippen LogP contribution in [-0.2, 0) is 11.5 Å². The molecule has 0 unspecified atom stereocenters. The van der Waals surface area contributed by atoms with Crippen molar-refractivity contribution in [3.8, 4) is 0 Å². The maximum Gasteiger partial charge on any atom is 0.417 e. The molecule has 0 saturated heterocycles. The molecule has 1 spiro atoms. The number of hydrogen-bond acceptors (Lipinski definition) is 3. The van der Waals surface area contributed by atoms with Crippen molar-refractivity contribution in [2.75, 3.05) is 6.54 Å². The molecule has 0 saturated carbocycles. The monoisotopic (exact) mass is 393 g/mol. The first-order chi connectivity index (χ1) is 12.0. The second-order valence-electron chi connectivity index (χ2n) is 6.40. The van der Waals surface area contributed by atoms with E-state index in [2.05, 4.69) is 9.98 Å². The van der Waals surface area contributed by atoms with E-state index in [1.54, 1.807) is 0 Å². The second-order valence-corrected chi connectivity index (χ2v) is 6.76. The molecule has 3 heterocycles. The van der Waals surface area contributed by atoms with Gasteiger partial charge in [-0.1, -0.05) is 11.6 Å². The normalized spacial score (nSPS) is 26.9. The Labute approximate surface area is 148 Å². The minimum absolute atomic E-state index is 0.0606. The summed E-state index contributed by atoms with van der Waals surface area (Å²) in [5, 5.41) is -0.390. The molecule has 0 amide bonds. The van der Waals surface area contributed by atoms with Gasteiger partial charge in [-0.15, -0.1) is 0 Å². The average molecular weight is 394 g/mol. The summed E-state index contributed by atoms with van der Waals surface area (Å²) in [4.78, 5) is 8.90. The van der Waals surface area contributed by atoms with E-state index in [0.717, 1.165) is 11.1 Å². The van der Waals surface area contributed by atoms with Crippen LogP contribution in [-0.4, -0.2) is 28.4 Å². The molecule has 0 bridgehead atoms. The fourth-order valence-electron chi connectivity index (χ4n) is 3.59. The Hall–Kier alpha value is -2.03. The van der Waals surface area contributed by atoms with Crippen LogP contribution in [0.3, 0.4) is 0 Å². The van der Waals surface area contributed by atoms with Gasteiger partial charge >= 0.3 is 6.18 Å². The lowest BCUT2D eigenvalue weighted by atomic mass is 9.76. The van der Waals surface area contributed by atoms with E-state index in [1.165, 1.54) is 12.3 Å². The predicted octanol–water partition coefficient (Wildman–Crippen LogP) is 4.84. The van der Waals surface area contributed by atoms with E-state index in [0.29, 0.717) is 6.08 Å². The molecule has 0 fully saturated rings. The minimum atomic E-state index is -4.73. The SMILES string of the molecule is FC1=CC(C(F)(F)F)=CN2C[C@@]3(CCC(F)(F)c4c3ccnc4Cl)N=C12. The van der Waals surface area contributed by atoms with Gasteiger partial charge in [0.15, 0.2) is 11.7 Å². The van der Waals surface area contributed by atoms with Gasteiger partial charge in [0.2, 0.25) is 0 Å². The molecule has 4 rings (SSSR count). The topological polar surface area (TPSA) is 28.5 Å². The van der Waals surface area contributed by atoms with Crippen LogP contribution in [0.1, 0.15) is 24.0 Å². The van der Waals surface area contributed by atoms with Crippen LogP contribution in [0.4, 0.5) is 26.3 Å². The average Bonchev–Trinajstić information content (AvgIpc) is 2.91. The van der Waals surface area contributed by atoms with Gasteiger partial charge < -0.3 is 4.90 Å². The molecule has 10 heteroatoms. The molecule has 26 heavy (non-hydrogen) atoms. The number of alkyl halides is 5. The first-order valence-electron chi connectivity index (χ1n) is 7.60. The van der Waals surface area contributed by atoms with E-state index >= 15 is 0 Å². The molecule has 3 nitrogen and oxygen atoms in total. The maximum atomic E-state index is 14.3. The summed E-state index contributed by atoms with van der Waals surface area (Å²) in [6.07, 6.45) is -3.18. The fourth-order valence-corrected chi connectivity index (χ4v) is 3.89. The Morgan fingerprint density at radius 3 is 2.62 bits per heavy atom. The molecule has 0 radical (unpaired) electrons. The first-order valence-corrected chi connectivity index (χ1v) is 7.98.